The maximum atomic E-state index is 8.96. The van der Waals surface area contributed by atoms with E-state index in [-0.39, 0.29) is 6.61 Å². The molecule has 15 heavy (non-hydrogen) atoms. The number of anilines is 1. The summed E-state index contributed by atoms with van der Waals surface area (Å²) in [7, 11) is 4.05. The fraction of sp³-hybridized carbons (Fsp3) is 0.600. The first kappa shape index (κ1) is 11.9. The minimum Gasteiger partial charge on any atom is -0.395 e. The fourth-order valence-electron chi connectivity index (χ4n) is 1.25. The lowest BCUT2D eigenvalue weighted by molar-refractivity contribution is 0.298. The zero-order chi connectivity index (χ0) is 11.1. The Morgan fingerprint density at radius 3 is 2.60 bits per heavy atom. The van der Waals surface area contributed by atoms with Crippen molar-refractivity contribution in [2.75, 3.05) is 45.2 Å². The Morgan fingerprint density at radius 2 is 2.07 bits per heavy atom. The van der Waals surface area contributed by atoms with E-state index in [2.05, 4.69) is 14.9 Å². The van der Waals surface area contributed by atoms with E-state index in [1.165, 1.54) is 6.33 Å². The van der Waals surface area contributed by atoms with Crippen LogP contribution in [0.5, 0.6) is 0 Å². The topological polar surface area (TPSA) is 52.5 Å². The highest BCUT2D eigenvalue weighted by Gasteiger charge is 2.06. The quantitative estimate of drug-likeness (QED) is 0.707. The fourth-order valence-corrected chi connectivity index (χ4v) is 1.25. The van der Waals surface area contributed by atoms with Gasteiger partial charge in [0.25, 0.3) is 0 Å². The van der Waals surface area contributed by atoms with Gasteiger partial charge in [-0.05, 0) is 20.2 Å². The van der Waals surface area contributed by atoms with Crippen LogP contribution >= 0.6 is 0 Å². The lowest BCUT2D eigenvalue weighted by atomic mass is 10.4. The highest BCUT2D eigenvalue weighted by atomic mass is 16.3. The molecule has 0 aliphatic carbocycles. The molecule has 1 aromatic heterocycles. The zero-order valence-corrected chi connectivity index (χ0v) is 9.30. The van der Waals surface area contributed by atoms with Crippen molar-refractivity contribution in [2.45, 2.75) is 0 Å². The molecule has 0 spiro atoms. The molecular weight excluding hydrogens is 192 g/mol. The first-order valence-electron chi connectivity index (χ1n) is 5.00. The Morgan fingerprint density at radius 1 is 1.27 bits per heavy atom. The van der Waals surface area contributed by atoms with Crippen LogP contribution in [0.25, 0.3) is 0 Å². The van der Waals surface area contributed by atoms with Crippen LogP contribution < -0.4 is 4.90 Å². The van der Waals surface area contributed by atoms with Crippen LogP contribution in [0.15, 0.2) is 18.6 Å². The standard InChI is InChI=1S/C10H18N4O/c1-13(2)5-6-14(7-8-15)10-3-4-11-9-12-10/h3-4,9,15H,5-8H2,1-2H3. The molecule has 0 unspecified atom stereocenters. The van der Waals surface area contributed by atoms with Gasteiger partial charge in [-0.1, -0.05) is 0 Å². The molecule has 1 heterocycles. The molecule has 0 saturated heterocycles. The zero-order valence-electron chi connectivity index (χ0n) is 9.30. The van der Waals surface area contributed by atoms with Crippen LogP contribution in [-0.2, 0) is 0 Å². The van der Waals surface area contributed by atoms with Crippen molar-refractivity contribution in [3.63, 3.8) is 0 Å². The van der Waals surface area contributed by atoms with Crippen molar-refractivity contribution in [2.24, 2.45) is 0 Å². The maximum Gasteiger partial charge on any atom is 0.132 e. The van der Waals surface area contributed by atoms with Crippen LogP contribution in [-0.4, -0.2) is 60.3 Å². The minimum absolute atomic E-state index is 0.136. The Bertz CT molecular complexity index is 265. The molecule has 1 N–H and O–H groups in total. The van der Waals surface area contributed by atoms with Gasteiger partial charge in [0.2, 0.25) is 0 Å². The summed E-state index contributed by atoms with van der Waals surface area (Å²) in [6.07, 6.45) is 3.23. The van der Waals surface area contributed by atoms with Crippen molar-refractivity contribution in [1.29, 1.82) is 0 Å². The van der Waals surface area contributed by atoms with Gasteiger partial charge in [-0.2, -0.15) is 0 Å². The lowest BCUT2D eigenvalue weighted by Gasteiger charge is -2.24. The summed E-state index contributed by atoms with van der Waals surface area (Å²) in [6.45, 7) is 2.52. The monoisotopic (exact) mass is 210 g/mol. The van der Waals surface area contributed by atoms with Gasteiger partial charge in [0.1, 0.15) is 12.1 Å². The van der Waals surface area contributed by atoms with E-state index in [1.54, 1.807) is 6.20 Å². The van der Waals surface area contributed by atoms with Crippen LogP contribution in [0.4, 0.5) is 5.82 Å². The van der Waals surface area contributed by atoms with E-state index in [1.807, 2.05) is 25.1 Å². The van der Waals surface area contributed by atoms with Crippen LogP contribution in [0.2, 0.25) is 0 Å². The van der Waals surface area contributed by atoms with E-state index >= 15 is 0 Å². The SMILES string of the molecule is CN(C)CCN(CCO)c1ccncn1. The van der Waals surface area contributed by atoms with Crippen molar-refractivity contribution in [3.05, 3.63) is 18.6 Å². The predicted octanol–water partition coefficient (Wildman–Crippen LogP) is -0.163. The van der Waals surface area contributed by atoms with Gasteiger partial charge in [-0.3, -0.25) is 0 Å². The van der Waals surface area contributed by atoms with Gasteiger partial charge in [0.05, 0.1) is 6.61 Å². The van der Waals surface area contributed by atoms with Gasteiger partial charge in [0.15, 0.2) is 0 Å². The summed E-state index contributed by atoms with van der Waals surface area (Å²) in [6, 6.07) is 1.85. The summed E-state index contributed by atoms with van der Waals surface area (Å²) in [5, 5.41) is 8.96. The number of likely N-dealkylation sites (N-methyl/N-ethyl adjacent to an activating group) is 1. The Kier molecular flexibility index (Phi) is 5.00. The highest BCUT2D eigenvalue weighted by Crippen LogP contribution is 2.06. The summed E-state index contributed by atoms with van der Waals surface area (Å²) in [4.78, 5) is 12.2. The molecule has 1 aromatic rings. The third-order valence-corrected chi connectivity index (χ3v) is 2.08. The smallest absolute Gasteiger partial charge is 0.132 e. The number of hydrogen-bond donors (Lipinski definition) is 1. The molecular formula is C10H18N4O. The third-order valence-electron chi connectivity index (χ3n) is 2.08. The molecule has 0 fully saturated rings. The largest absolute Gasteiger partial charge is 0.395 e. The second-order valence-electron chi connectivity index (χ2n) is 3.58. The summed E-state index contributed by atoms with van der Waals surface area (Å²) in [5.74, 6) is 0.862. The minimum atomic E-state index is 0.136. The first-order chi connectivity index (χ1) is 7.24. The predicted molar refractivity (Wildman–Crippen MR) is 59.9 cm³/mol. The lowest BCUT2D eigenvalue weighted by Crippen LogP contribution is -2.34. The summed E-state index contributed by atoms with van der Waals surface area (Å²) in [5.41, 5.74) is 0. The van der Waals surface area contributed by atoms with Crippen LogP contribution in [0, 0.1) is 0 Å². The van der Waals surface area contributed by atoms with E-state index in [9.17, 15) is 0 Å². The molecule has 0 aromatic carbocycles. The van der Waals surface area contributed by atoms with E-state index in [0.29, 0.717) is 6.54 Å². The highest BCUT2D eigenvalue weighted by molar-refractivity contribution is 5.36. The summed E-state index contributed by atoms with van der Waals surface area (Å²) < 4.78 is 0. The van der Waals surface area contributed by atoms with Crippen molar-refractivity contribution >= 4 is 5.82 Å². The van der Waals surface area contributed by atoms with Gasteiger partial charge in [-0.15, -0.1) is 0 Å². The van der Waals surface area contributed by atoms with Crippen LogP contribution in [0.1, 0.15) is 0 Å². The van der Waals surface area contributed by atoms with E-state index in [0.717, 1.165) is 18.9 Å². The van der Waals surface area contributed by atoms with Gasteiger partial charge in [0, 0.05) is 25.8 Å². The van der Waals surface area contributed by atoms with Crippen molar-refractivity contribution in [1.82, 2.24) is 14.9 Å². The second kappa shape index (κ2) is 6.31. The number of aliphatic hydroxyl groups excluding tert-OH is 1. The maximum absolute atomic E-state index is 8.96. The molecule has 0 atom stereocenters. The number of aromatic nitrogens is 2. The molecule has 1 rings (SSSR count). The Hall–Kier alpha value is -1.20. The number of aliphatic hydroxyl groups is 1. The van der Waals surface area contributed by atoms with E-state index < -0.39 is 0 Å². The van der Waals surface area contributed by atoms with Gasteiger partial charge >= 0.3 is 0 Å². The summed E-state index contributed by atoms with van der Waals surface area (Å²) >= 11 is 0. The molecule has 0 saturated carbocycles. The number of rotatable bonds is 6. The normalized spacial score (nSPS) is 10.7. The van der Waals surface area contributed by atoms with Crippen LogP contribution in [0.3, 0.4) is 0 Å². The molecule has 0 radical (unpaired) electrons. The molecule has 84 valence electrons. The Balaban J connectivity index is 2.57. The van der Waals surface area contributed by atoms with Gasteiger partial charge in [-0.25, -0.2) is 9.97 Å². The molecule has 5 heteroatoms. The molecule has 0 bridgehead atoms. The number of nitrogens with zero attached hydrogens (tertiary/aromatic N) is 4. The van der Waals surface area contributed by atoms with Crippen molar-refractivity contribution in [3.8, 4) is 0 Å². The third kappa shape index (κ3) is 4.22. The molecule has 5 nitrogen and oxygen atoms in total. The first-order valence-corrected chi connectivity index (χ1v) is 5.00. The molecule has 0 aliphatic heterocycles. The van der Waals surface area contributed by atoms with E-state index in [4.69, 9.17) is 5.11 Å². The Labute approximate surface area is 90.4 Å². The second-order valence-corrected chi connectivity index (χ2v) is 3.58. The molecule has 0 aliphatic rings. The van der Waals surface area contributed by atoms with Crippen molar-refractivity contribution < 1.29 is 5.11 Å². The van der Waals surface area contributed by atoms with Gasteiger partial charge < -0.3 is 14.9 Å². The molecule has 0 amide bonds. The average molecular weight is 210 g/mol. The number of hydrogen-bond acceptors (Lipinski definition) is 5. The average Bonchev–Trinajstić information content (AvgIpc) is 2.25.